The van der Waals surface area contributed by atoms with Gasteiger partial charge < -0.3 is 19.5 Å². The summed E-state index contributed by atoms with van der Waals surface area (Å²) in [6.45, 7) is 7.71. The Balaban J connectivity index is 1.03. The van der Waals surface area contributed by atoms with Crippen LogP contribution in [0, 0.1) is 5.92 Å². The predicted molar refractivity (Wildman–Crippen MR) is 251 cm³/mol. The van der Waals surface area contributed by atoms with E-state index in [0.29, 0.717) is 43.7 Å². The second kappa shape index (κ2) is 17.4. The molecule has 5 aromatic carbocycles. The molecule has 322 valence electrons. The predicted octanol–water partition coefficient (Wildman–Crippen LogP) is 8.56. The summed E-state index contributed by atoms with van der Waals surface area (Å²) in [7, 11) is -0.726. The normalized spacial score (nSPS) is 21.5. The van der Waals surface area contributed by atoms with E-state index in [1.54, 1.807) is 7.11 Å². The number of hydrazone groups is 1. The van der Waals surface area contributed by atoms with E-state index in [9.17, 15) is 9.90 Å². The first kappa shape index (κ1) is 42.6. The highest BCUT2D eigenvalue weighted by Crippen LogP contribution is 2.60. The monoisotopic (exact) mass is 922 g/mol. The Hall–Kier alpha value is -5.73. The minimum Gasteiger partial charge on any atom is -0.497 e. The number of amides is 2. The molecular weight excluding hydrogens is 873 g/mol. The van der Waals surface area contributed by atoms with E-state index in [-0.39, 0.29) is 41.9 Å². The highest BCUT2D eigenvalue weighted by Gasteiger charge is 2.66. The van der Waals surface area contributed by atoms with E-state index >= 15 is 4.79 Å². The molecule has 0 saturated carbocycles. The van der Waals surface area contributed by atoms with Gasteiger partial charge in [-0.1, -0.05) is 131 Å². The molecule has 0 bridgehead atoms. The second-order valence-electron chi connectivity index (χ2n) is 17.3. The van der Waals surface area contributed by atoms with Crippen LogP contribution in [0.4, 0.5) is 11.4 Å². The van der Waals surface area contributed by atoms with Crippen molar-refractivity contribution in [2.24, 2.45) is 11.0 Å². The van der Waals surface area contributed by atoms with Gasteiger partial charge in [0.1, 0.15) is 5.75 Å². The topological polar surface area (TPSA) is 122 Å². The van der Waals surface area contributed by atoms with Crippen molar-refractivity contribution in [3.63, 3.8) is 0 Å². The highest BCUT2D eigenvalue weighted by atomic mass is 79.9. The van der Waals surface area contributed by atoms with Gasteiger partial charge in [0.15, 0.2) is 5.60 Å². The van der Waals surface area contributed by atoms with Crippen molar-refractivity contribution in [2.45, 2.75) is 75.5 Å². The van der Waals surface area contributed by atoms with Gasteiger partial charge in [0.2, 0.25) is 5.91 Å². The molecule has 1 fully saturated rings. The Kier molecular flexibility index (Phi) is 11.8. The fourth-order valence-corrected chi connectivity index (χ4v) is 14.5. The summed E-state index contributed by atoms with van der Waals surface area (Å²) in [5, 5.41) is 26.9. The van der Waals surface area contributed by atoms with Gasteiger partial charge in [-0.3, -0.25) is 14.3 Å². The number of fused-ring (bicyclic) bond motifs is 2. The van der Waals surface area contributed by atoms with Crippen molar-refractivity contribution in [3.05, 3.63) is 166 Å². The van der Waals surface area contributed by atoms with Gasteiger partial charge >= 0.3 is 0 Å². The molecule has 63 heavy (non-hydrogen) atoms. The van der Waals surface area contributed by atoms with Crippen molar-refractivity contribution in [2.75, 3.05) is 23.6 Å². The zero-order valence-corrected chi connectivity index (χ0v) is 38.5. The lowest BCUT2D eigenvalue weighted by atomic mass is 9.82. The molecule has 5 atom stereocenters. The van der Waals surface area contributed by atoms with Crippen molar-refractivity contribution >= 4 is 58.1 Å². The first-order valence-electron chi connectivity index (χ1n) is 21.6. The molecular formula is C50H51BrN6O5Si. The average Bonchev–Trinajstić information content (AvgIpc) is 3.97. The van der Waals surface area contributed by atoms with Crippen molar-refractivity contribution < 1.29 is 24.2 Å². The number of hydrogen-bond acceptors (Lipinski definition) is 8. The zero-order valence-electron chi connectivity index (χ0n) is 35.9. The fraction of sp³-hybridized carbons (Fsp3) is 0.300. The number of aliphatic hydroxyl groups is 1. The molecule has 1 saturated heterocycles. The van der Waals surface area contributed by atoms with Crippen LogP contribution in [0.25, 0.3) is 0 Å². The number of anilines is 2. The highest BCUT2D eigenvalue weighted by molar-refractivity contribution is 9.10. The summed E-state index contributed by atoms with van der Waals surface area (Å²) < 4.78 is 15.7. The second-order valence-corrected chi connectivity index (χ2v) is 22.9. The maximum absolute atomic E-state index is 15.5. The first-order chi connectivity index (χ1) is 30.5. The third-order valence-corrected chi connectivity index (χ3v) is 18.3. The van der Waals surface area contributed by atoms with Crippen molar-refractivity contribution in [1.82, 2.24) is 15.0 Å². The van der Waals surface area contributed by atoms with E-state index < -0.39 is 13.7 Å². The van der Waals surface area contributed by atoms with E-state index in [1.165, 1.54) is 10.2 Å². The van der Waals surface area contributed by atoms with Crippen LogP contribution in [0.3, 0.4) is 0 Å². The number of hydrogen-bond donors (Lipinski definition) is 1. The molecule has 1 unspecified atom stereocenters. The van der Waals surface area contributed by atoms with Gasteiger partial charge in [-0.25, -0.2) is 5.01 Å². The molecule has 2 amide bonds. The summed E-state index contributed by atoms with van der Waals surface area (Å²) >= 11 is 3.74. The Morgan fingerprint density at radius 3 is 2.33 bits per heavy atom. The number of aliphatic hydroxyl groups excluding tert-OH is 1. The Labute approximate surface area is 377 Å². The number of ether oxygens (including phenoxy) is 2. The summed E-state index contributed by atoms with van der Waals surface area (Å²) in [6.07, 6.45) is 3.19. The largest absolute Gasteiger partial charge is 0.497 e. The lowest BCUT2D eigenvalue weighted by Gasteiger charge is -2.37. The van der Waals surface area contributed by atoms with Gasteiger partial charge in [0, 0.05) is 41.5 Å². The average molecular weight is 924 g/mol. The maximum atomic E-state index is 15.5. The molecule has 4 heterocycles. The smallest absolute Gasteiger partial charge is 0.264 e. The van der Waals surface area contributed by atoms with Crippen LogP contribution in [-0.4, -0.2) is 65.5 Å². The molecule has 0 aliphatic carbocycles. The molecule has 0 radical (unpaired) electrons. The standard InChI is InChI=1S/C50H51BrN6O5Si/c1-33-48(63(3,4)40-22-20-39(61-2)21-23-40)46(27-28-55-31-44(52-54-55)41(32-58)35-11-7-5-8-12-35)62-50(33)42-29-37(51)17-25-45(42)56(49(50)60)30-34-15-18-38(19-16-34)57-47(59)26-24-43(53-57)36-13-9-6-10-14-36/h5-23,25,29,31,33,41,46,48,58H,24,26-28,30,32H2,1-4H3/t33-,41?,46+,48-,50+/m0/s1. The number of halogens is 1. The van der Waals surface area contributed by atoms with Crippen LogP contribution >= 0.6 is 15.9 Å². The van der Waals surface area contributed by atoms with Crippen molar-refractivity contribution in [3.8, 4) is 5.75 Å². The van der Waals surface area contributed by atoms with Crippen LogP contribution in [0.2, 0.25) is 18.6 Å². The number of carbonyl (C=O) groups excluding carboxylic acids is 2. The Bertz CT molecular complexity index is 2640. The molecule has 1 N–H and O–H groups in total. The van der Waals surface area contributed by atoms with Gasteiger partial charge in [-0.15, -0.1) is 5.10 Å². The Morgan fingerprint density at radius 1 is 0.921 bits per heavy atom. The van der Waals surface area contributed by atoms with Crippen LogP contribution in [0.15, 0.2) is 143 Å². The lowest BCUT2D eigenvalue weighted by Crippen LogP contribution is -2.51. The quantitative estimate of drug-likeness (QED) is 0.115. The van der Waals surface area contributed by atoms with E-state index in [1.807, 2.05) is 125 Å². The van der Waals surface area contributed by atoms with E-state index in [4.69, 9.17) is 14.6 Å². The van der Waals surface area contributed by atoms with Gasteiger partial charge in [0.05, 0.1) is 63.1 Å². The number of aryl methyl sites for hydroxylation is 1. The molecule has 1 spiro atoms. The van der Waals surface area contributed by atoms with Crippen LogP contribution < -0.4 is 19.8 Å². The minimum atomic E-state index is -2.40. The third-order valence-electron chi connectivity index (χ3n) is 13.4. The van der Waals surface area contributed by atoms with E-state index in [2.05, 4.69) is 64.5 Å². The summed E-state index contributed by atoms with van der Waals surface area (Å²) in [5.74, 6) is 0.179. The number of nitrogens with zero attached hydrogens (tertiary/aromatic N) is 6. The summed E-state index contributed by atoms with van der Waals surface area (Å²) in [4.78, 5) is 30.4. The number of rotatable bonds is 13. The molecule has 6 aromatic rings. The fourth-order valence-electron chi connectivity index (χ4n) is 10.1. The number of benzene rings is 5. The maximum Gasteiger partial charge on any atom is 0.264 e. The van der Waals surface area contributed by atoms with Crippen molar-refractivity contribution in [1.29, 1.82) is 0 Å². The molecule has 9 rings (SSSR count). The van der Waals surface area contributed by atoms with Gasteiger partial charge in [-0.05, 0) is 71.1 Å². The molecule has 1 aromatic heterocycles. The molecule has 13 heteroatoms. The molecule has 11 nitrogen and oxygen atoms in total. The van der Waals surface area contributed by atoms with Crippen LogP contribution in [-0.2, 0) is 33.0 Å². The van der Waals surface area contributed by atoms with Crippen LogP contribution in [0.1, 0.15) is 60.1 Å². The number of methoxy groups -OCH3 is 1. The minimum absolute atomic E-state index is 0.0295. The molecule has 3 aliphatic heterocycles. The summed E-state index contributed by atoms with van der Waals surface area (Å²) in [5.41, 5.74) is 5.62. The third kappa shape index (κ3) is 7.85. The van der Waals surface area contributed by atoms with Gasteiger partial charge in [0.25, 0.3) is 5.91 Å². The van der Waals surface area contributed by atoms with Gasteiger partial charge in [-0.2, -0.15) is 5.10 Å². The summed E-state index contributed by atoms with van der Waals surface area (Å²) in [6, 6.07) is 42.0. The first-order valence-corrected chi connectivity index (χ1v) is 25.4. The molecule has 3 aliphatic rings. The van der Waals surface area contributed by atoms with Crippen LogP contribution in [0.5, 0.6) is 5.75 Å². The lowest BCUT2D eigenvalue weighted by molar-refractivity contribution is -0.146. The zero-order chi connectivity index (χ0) is 43.9. The SMILES string of the molecule is COc1ccc([Si](C)(C)[C@@H]2[C@@H](CCn3cc(C(CO)c4ccccc4)nn3)O[C@]3(C(=O)N(Cc4ccc(N5N=C(c6ccccc6)CCC5=O)cc4)c4ccc(Br)cc43)[C@H]2C)cc1. The Morgan fingerprint density at radius 2 is 1.63 bits per heavy atom. The van der Waals surface area contributed by atoms with E-state index in [0.717, 1.165) is 43.9 Å². The number of aromatic nitrogens is 3. The number of carbonyl (C=O) groups is 2.